The van der Waals surface area contributed by atoms with Gasteiger partial charge in [0.2, 0.25) is 5.91 Å². The number of nitrogens with zero attached hydrogens (tertiary/aromatic N) is 1. The van der Waals surface area contributed by atoms with Crippen LogP contribution >= 0.6 is 35.3 Å². The van der Waals surface area contributed by atoms with E-state index in [1.807, 2.05) is 41.4 Å². The summed E-state index contributed by atoms with van der Waals surface area (Å²) in [6, 6.07) is 0.501. The first kappa shape index (κ1) is 28.6. The molecule has 0 aromatic carbocycles. The highest BCUT2D eigenvalue weighted by Gasteiger charge is 2.49. The molecule has 10 atom stereocenters. The number of nitrogens with two attached hydrogens (primary N) is 2. The monoisotopic (exact) mass is 597 g/mol. The zero-order valence-corrected chi connectivity index (χ0v) is 24.8. The van der Waals surface area contributed by atoms with Crippen LogP contribution in [0.2, 0.25) is 0 Å². The normalized spacial score (nSPS) is 43.3. The number of ketones is 1. The average molecular weight is 598 g/mol. The van der Waals surface area contributed by atoms with Crippen LogP contribution in [0.5, 0.6) is 0 Å². The predicted octanol–water partition coefficient (Wildman–Crippen LogP) is 0.151. The molecule has 1 saturated carbocycles. The maximum Gasteiger partial charge on any atom is 0.223 e. The topological polar surface area (TPSA) is 147 Å². The van der Waals surface area contributed by atoms with E-state index in [4.69, 9.17) is 16.2 Å². The van der Waals surface area contributed by atoms with E-state index in [9.17, 15) is 9.59 Å². The Kier molecular flexibility index (Phi) is 9.38. The lowest BCUT2D eigenvalue weighted by Gasteiger charge is -2.41. The van der Waals surface area contributed by atoms with Gasteiger partial charge in [0.25, 0.3) is 0 Å². The summed E-state index contributed by atoms with van der Waals surface area (Å²) in [5.74, 6) is 1.13. The van der Waals surface area contributed by atoms with Gasteiger partial charge in [-0.1, -0.05) is 12.8 Å². The summed E-state index contributed by atoms with van der Waals surface area (Å²) >= 11 is 5.60. The molecule has 1 amide bonds. The van der Waals surface area contributed by atoms with Crippen molar-refractivity contribution >= 4 is 47.0 Å². The third kappa shape index (κ3) is 6.46. The van der Waals surface area contributed by atoms with Crippen LogP contribution < -0.4 is 32.7 Å². The SMILES string of the molecule is NC(=O)C1CCC(N[C@H]2CCCC[C@H]2N)NC1NC1CNC(C2CSC3C(=O)C=C(N4CCOCC4)SC32)S1. The number of allylic oxidation sites excluding steroid dienone is 1. The fourth-order valence-electron chi connectivity index (χ4n) is 6.81. The number of primary amides is 1. The molecule has 0 spiro atoms. The lowest BCUT2D eigenvalue weighted by atomic mass is 9.89. The molecule has 13 heteroatoms. The standard InChI is InChI=1S/C26H43N7O3S3/c27-16-3-1-2-4-17(16)30-19-6-5-14(24(28)35)25(31-19)32-20-12-29-26(38-20)15-13-37-23-18(34)11-21(39-22(15)23)33-7-9-36-10-8-33/h11,14-17,19-20,22-23,25-26,29-32H,1-10,12-13,27H2,(H2,28,35)/t14?,15?,16-,17+,19?,20?,22?,23?,25?,26?/m1/s1. The number of hydrogen-bond acceptors (Lipinski definition) is 12. The molecule has 4 saturated heterocycles. The highest BCUT2D eigenvalue weighted by molar-refractivity contribution is 8.07. The van der Waals surface area contributed by atoms with Gasteiger partial charge in [-0.2, -0.15) is 0 Å². The molecular weight excluding hydrogens is 555 g/mol. The minimum absolute atomic E-state index is 0.0384. The Bertz CT molecular complexity index is 938. The van der Waals surface area contributed by atoms with Crippen molar-refractivity contribution in [2.45, 2.75) is 84.2 Å². The fraction of sp³-hybridized carbons (Fsp3) is 0.846. The van der Waals surface area contributed by atoms with E-state index in [0.717, 1.165) is 69.3 Å². The third-order valence-corrected chi connectivity index (χ3v) is 13.6. The van der Waals surface area contributed by atoms with Crippen LogP contribution in [0.15, 0.2) is 11.1 Å². The molecule has 39 heavy (non-hydrogen) atoms. The number of amides is 1. The summed E-state index contributed by atoms with van der Waals surface area (Å²) < 4.78 is 5.52. The van der Waals surface area contributed by atoms with Crippen LogP contribution in [0.3, 0.4) is 0 Å². The first-order valence-electron chi connectivity index (χ1n) is 14.5. The average Bonchev–Trinajstić information content (AvgIpc) is 3.58. The van der Waals surface area contributed by atoms with E-state index in [1.54, 1.807) is 0 Å². The molecule has 6 aliphatic rings. The fourth-order valence-corrected chi connectivity index (χ4v) is 11.9. The highest BCUT2D eigenvalue weighted by atomic mass is 32.2. The van der Waals surface area contributed by atoms with Gasteiger partial charge in [0, 0.05) is 54.7 Å². The van der Waals surface area contributed by atoms with E-state index in [0.29, 0.717) is 12.0 Å². The largest absolute Gasteiger partial charge is 0.378 e. The van der Waals surface area contributed by atoms with Crippen LogP contribution in [0.1, 0.15) is 38.5 Å². The lowest BCUT2D eigenvalue weighted by molar-refractivity contribution is -0.124. The minimum atomic E-state index is -0.255. The van der Waals surface area contributed by atoms with Crippen molar-refractivity contribution in [3.05, 3.63) is 11.1 Å². The molecule has 5 fully saturated rings. The third-order valence-electron chi connectivity index (χ3n) is 9.03. The quantitative estimate of drug-likeness (QED) is 0.237. The molecule has 5 aliphatic heterocycles. The number of rotatable bonds is 7. The maximum absolute atomic E-state index is 13.0. The number of thioether (sulfide) groups is 3. The summed E-state index contributed by atoms with van der Waals surface area (Å²) in [5.41, 5.74) is 12.2. The number of carbonyl (C=O) groups is 2. The van der Waals surface area contributed by atoms with Gasteiger partial charge in [0.15, 0.2) is 5.78 Å². The number of hydrogen-bond donors (Lipinski definition) is 6. The molecule has 5 heterocycles. The van der Waals surface area contributed by atoms with Crippen LogP contribution in [0.4, 0.5) is 0 Å². The summed E-state index contributed by atoms with van der Waals surface area (Å²) in [6.45, 7) is 3.95. The lowest BCUT2D eigenvalue weighted by Crippen LogP contribution is -2.65. The first-order valence-corrected chi connectivity index (χ1v) is 17.4. The second-order valence-electron chi connectivity index (χ2n) is 11.6. The number of carbonyl (C=O) groups excluding carboxylic acids is 2. The van der Waals surface area contributed by atoms with Gasteiger partial charge >= 0.3 is 0 Å². The minimum Gasteiger partial charge on any atom is -0.378 e. The molecule has 1 aliphatic carbocycles. The summed E-state index contributed by atoms with van der Waals surface area (Å²) in [7, 11) is 0. The van der Waals surface area contributed by atoms with Gasteiger partial charge in [-0.25, -0.2) is 0 Å². The van der Waals surface area contributed by atoms with Gasteiger partial charge in [-0.05, 0) is 25.7 Å². The Labute approximate surface area is 244 Å². The second-order valence-corrected chi connectivity index (χ2v) is 15.3. The Balaban J connectivity index is 1.06. The highest BCUT2D eigenvalue weighted by Crippen LogP contribution is 2.50. The van der Waals surface area contributed by atoms with Crippen molar-refractivity contribution in [1.82, 2.24) is 26.2 Å². The molecule has 0 aromatic rings. The number of ether oxygens (including phenoxy) is 1. The molecule has 8 unspecified atom stereocenters. The van der Waals surface area contributed by atoms with Gasteiger partial charge in [0.1, 0.15) is 0 Å². The summed E-state index contributed by atoms with van der Waals surface area (Å²) in [6.07, 6.45) is 8.01. The van der Waals surface area contributed by atoms with Gasteiger partial charge < -0.3 is 26.4 Å². The van der Waals surface area contributed by atoms with E-state index in [1.165, 1.54) is 12.8 Å². The first-order chi connectivity index (χ1) is 19.0. The van der Waals surface area contributed by atoms with Crippen molar-refractivity contribution in [2.24, 2.45) is 23.3 Å². The number of nitrogens with one attached hydrogen (secondary N) is 4. The smallest absolute Gasteiger partial charge is 0.223 e. The number of morpholine rings is 1. The Morgan fingerprint density at radius 1 is 1.13 bits per heavy atom. The van der Waals surface area contributed by atoms with Crippen molar-refractivity contribution in [2.75, 3.05) is 38.6 Å². The van der Waals surface area contributed by atoms with Crippen LogP contribution in [-0.4, -0.2) is 101 Å². The molecule has 0 bridgehead atoms. The van der Waals surface area contributed by atoms with Crippen LogP contribution in [-0.2, 0) is 14.3 Å². The molecule has 0 radical (unpaired) electrons. The van der Waals surface area contributed by atoms with E-state index < -0.39 is 0 Å². The zero-order valence-electron chi connectivity index (χ0n) is 22.4. The molecule has 6 rings (SSSR count). The van der Waals surface area contributed by atoms with Crippen molar-refractivity contribution < 1.29 is 14.3 Å². The van der Waals surface area contributed by atoms with Crippen molar-refractivity contribution in [1.29, 1.82) is 0 Å². The molecule has 10 nitrogen and oxygen atoms in total. The van der Waals surface area contributed by atoms with Crippen LogP contribution in [0, 0.1) is 11.8 Å². The number of piperidine rings is 1. The van der Waals surface area contributed by atoms with E-state index in [2.05, 4.69) is 26.2 Å². The van der Waals surface area contributed by atoms with Crippen molar-refractivity contribution in [3.8, 4) is 0 Å². The van der Waals surface area contributed by atoms with Gasteiger partial charge in [-0.15, -0.1) is 35.3 Å². The molecule has 0 aromatic heterocycles. The van der Waals surface area contributed by atoms with Gasteiger partial charge in [-0.3, -0.25) is 25.5 Å². The Morgan fingerprint density at radius 3 is 2.74 bits per heavy atom. The van der Waals surface area contributed by atoms with Crippen LogP contribution in [0.25, 0.3) is 0 Å². The maximum atomic E-state index is 13.0. The van der Waals surface area contributed by atoms with E-state index >= 15 is 0 Å². The molecule has 8 N–H and O–H groups in total. The van der Waals surface area contributed by atoms with Crippen molar-refractivity contribution in [3.63, 3.8) is 0 Å². The van der Waals surface area contributed by atoms with E-state index in [-0.39, 0.29) is 57.2 Å². The molecular formula is C26H43N7O3S3. The Hall–Kier alpha value is -0.510. The number of fused-ring (bicyclic) bond motifs is 1. The zero-order chi connectivity index (χ0) is 26.9. The molecule has 218 valence electrons. The second kappa shape index (κ2) is 12.8. The Morgan fingerprint density at radius 2 is 1.95 bits per heavy atom. The van der Waals surface area contributed by atoms with Gasteiger partial charge in [0.05, 0.1) is 52.5 Å². The summed E-state index contributed by atoms with van der Waals surface area (Å²) in [4.78, 5) is 27.7. The summed E-state index contributed by atoms with van der Waals surface area (Å²) in [5, 5.41) is 16.7. The predicted molar refractivity (Wildman–Crippen MR) is 159 cm³/mol.